The lowest BCUT2D eigenvalue weighted by Crippen LogP contribution is -2.20. The van der Waals surface area contributed by atoms with Crippen LogP contribution in [0.25, 0.3) is 0 Å². The predicted octanol–water partition coefficient (Wildman–Crippen LogP) is 5.06. The number of aliphatic hydroxyl groups excluding tert-OH is 2. The third kappa shape index (κ3) is 5.91. The topological polar surface area (TPSA) is 58.9 Å². The summed E-state index contributed by atoms with van der Waals surface area (Å²) in [5, 5.41) is 19.1. The van der Waals surface area contributed by atoms with Crippen molar-refractivity contribution in [2.75, 3.05) is 25.7 Å². The first-order chi connectivity index (χ1) is 13.3. The summed E-state index contributed by atoms with van der Waals surface area (Å²) in [6.07, 6.45) is -0.191. The minimum Gasteiger partial charge on any atom is -0.494 e. The van der Waals surface area contributed by atoms with Crippen LogP contribution in [0.15, 0.2) is 36.4 Å². The molecular formula is C21H25Cl3O4. The zero-order valence-electron chi connectivity index (χ0n) is 15.9. The van der Waals surface area contributed by atoms with Crippen molar-refractivity contribution < 1.29 is 19.7 Å². The maximum Gasteiger partial charge on any atom is 0.156 e. The van der Waals surface area contributed by atoms with Gasteiger partial charge in [0.15, 0.2) is 5.75 Å². The number of ether oxygens (including phenoxy) is 2. The van der Waals surface area contributed by atoms with Crippen molar-refractivity contribution in [3.63, 3.8) is 0 Å². The number of rotatable bonds is 10. The monoisotopic (exact) mass is 446 g/mol. The molecule has 0 aromatic heterocycles. The lowest BCUT2D eigenvalue weighted by Gasteiger charge is -2.27. The molecule has 2 aromatic carbocycles. The summed E-state index contributed by atoms with van der Waals surface area (Å²) in [6.45, 7) is 4.76. The van der Waals surface area contributed by atoms with Crippen LogP contribution in [0.3, 0.4) is 0 Å². The molecule has 2 rings (SSSR count). The number of alkyl halides is 1. The zero-order valence-corrected chi connectivity index (χ0v) is 18.2. The van der Waals surface area contributed by atoms with Gasteiger partial charge < -0.3 is 19.7 Å². The Morgan fingerprint density at radius 3 is 2.14 bits per heavy atom. The van der Waals surface area contributed by atoms with E-state index < -0.39 is 6.10 Å². The van der Waals surface area contributed by atoms with E-state index in [2.05, 4.69) is 13.8 Å². The van der Waals surface area contributed by atoms with E-state index in [-0.39, 0.29) is 24.5 Å². The number of halogens is 3. The molecule has 0 heterocycles. The van der Waals surface area contributed by atoms with Crippen LogP contribution in [0.1, 0.15) is 31.4 Å². The minimum atomic E-state index is -0.789. The van der Waals surface area contributed by atoms with Crippen LogP contribution in [0.4, 0.5) is 0 Å². The molecule has 28 heavy (non-hydrogen) atoms. The van der Waals surface area contributed by atoms with Gasteiger partial charge in [0.1, 0.15) is 18.5 Å². The molecule has 0 radical (unpaired) electrons. The SMILES string of the molecule is CC(C)(c1ccc(OCCCO)cc1)c1cc(Cl)c(OCC(O)CCl)c(Cl)c1. The van der Waals surface area contributed by atoms with Gasteiger partial charge in [0, 0.05) is 18.4 Å². The molecule has 0 aliphatic heterocycles. The maximum atomic E-state index is 9.56. The fraction of sp³-hybridized carbons (Fsp3) is 0.429. The van der Waals surface area contributed by atoms with E-state index in [1.165, 1.54) is 0 Å². The second-order valence-corrected chi connectivity index (χ2v) is 8.09. The first-order valence-corrected chi connectivity index (χ1v) is 10.3. The van der Waals surface area contributed by atoms with Gasteiger partial charge in [-0.3, -0.25) is 0 Å². The smallest absolute Gasteiger partial charge is 0.156 e. The van der Waals surface area contributed by atoms with Crippen molar-refractivity contribution in [2.45, 2.75) is 31.8 Å². The Labute approximate surface area is 180 Å². The van der Waals surface area contributed by atoms with Crippen molar-refractivity contribution in [2.24, 2.45) is 0 Å². The largest absolute Gasteiger partial charge is 0.494 e. The number of hydrogen-bond acceptors (Lipinski definition) is 4. The van der Waals surface area contributed by atoms with Gasteiger partial charge in [-0.25, -0.2) is 0 Å². The molecule has 2 aromatic rings. The van der Waals surface area contributed by atoms with Gasteiger partial charge in [-0.15, -0.1) is 11.6 Å². The van der Waals surface area contributed by atoms with E-state index in [9.17, 15) is 5.11 Å². The van der Waals surface area contributed by atoms with Crippen molar-refractivity contribution in [3.05, 3.63) is 57.6 Å². The molecule has 0 aliphatic rings. The first-order valence-electron chi connectivity index (χ1n) is 9.00. The summed E-state index contributed by atoms with van der Waals surface area (Å²) in [5.74, 6) is 1.16. The molecule has 0 aliphatic carbocycles. The van der Waals surface area contributed by atoms with Gasteiger partial charge in [-0.2, -0.15) is 0 Å². The fourth-order valence-electron chi connectivity index (χ4n) is 2.67. The lowest BCUT2D eigenvalue weighted by atomic mass is 9.78. The van der Waals surface area contributed by atoms with Gasteiger partial charge in [0.25, 0.3) is 0 Å². The Kier molecular flexibility index (Phi) is 8.72. The molecule has 0 saturated carbocycles. The van der Waals surface area contributed by atoms with E-state index in [4.69, 9.17) is 49.4 Å². The Hall–Kier alpha value is -1.17. The molecule has 2 N–H and O–H groups in total. The molecule has 7 heteroatoms. The Bertz CT molecular complexity index is 740. The highest BCUT2D eigenvalue weighted by Crippen LogP contribution is 2.40. The highest BCUT2D eigenvalue weighted by Gasteiger charge is 2.26. The molecular weight excluding hydrogens is 423 g/mol. The molecule has 0 amide bonds. The molecule has 154 valence electrons. The average Bonchev–Trinajstić information content (AvgIpc) is 2.67. The molecule has 0 bridgehead atoms. The fourth-order valence-corrected chi connectivity index (χ4v) is 3.36. The normalized spacial score (nSPS) is 12.7. The van der Waals surface area contributed by atoms with E-state index in [0.717, 1.165) is 16.9 Å². The quantitative estimate of drug-likeness (QED) is 0.395. The van der Waals surface area contributed by atoms with Crippen LogP contribution in [-0.4, -0.2) is 42.0 Å². The van der Waals surface area contributed by atoms with Crippen LogP contribution in [-0.2, 0) is 5.41 Å². The molecule has 0 spiro atoms. The van der Waals surface area contributed by atoms with E-state index in [1.807, 2.05) is 36.4 Å². The van der Waals surface area contributed by atoms with Crippen LogP contribution >= 0.6 is 34.8 Å². The van der Waals surface area contributed by atoms with Crippen LogP contribution in [0, 0.1) is 0 Å². The van der Waals surface area contributed by atoms with Gasteiger partial charge in [-0.05, 0) is 35.4 Å². The lowest BCUT2D eigenvalue weighted by molar-refractivity contribution is 0.125. The van der Waals surface area contributed by atoms with Crippen molar-refractivity contribution in [1.29, 1.82) is 0 Å². The molecule has 4 nitrogen and oxygen atoms in total. The second-order valence-electron chi connectivity index (χ2n) is 6.96. The highest BCUT2D eigenvalue weighted by atomic mass is 35.5. The molecule has 1 atom stereocenters. The molecule has 1 unspecified atom stereocenters. The van der Waals surface area contributed by atoms with Crippen molar-refractivity contribution in [3.8, 4) is 11.5 Å². The number of hydrogen-bond donors (Lipinski definition) is 2. The number of aliphatic hydroxyl groups is 2. The van der Waals surface area contributed by atoms with E-state index >= 15 is 0 Å². The van der Waals surface area contributed by atoms with E-state index in [1.54, 1.807) is 0 Å². The summed E-state index contributed by atoms with van der Waals surface area (Å²) in [6, 6.07) is 11.4. The Morgan fingerprint density at radius 1 is 1.00 bits per heavy atom. The maximum absolute atomic E-state index is 9.56. The predicted molar refractivity (Wildman–Crippen MR) is 114 cm³/mol. The summed E-state index contributed by atoms with van der Waals surface area (Å²) in [4.78, 5) is 0. The molecule has 0 fully saturated rings. The standard InChI is InChI=1S/C21H25Cl3O4/c1-21(2,14-4-6-17(7-5-14)27-9-3-8-25)15-10-18(23)20(19(24)11-15)28-13-16(26)12-22/h4-7,10-11,16,25-26H,3,8-9,12-13H2,1-2H3. The van der Waals surface area contributed by atoms with Gasteiger partial charge >= 0.3 is 0 Å². The Morgan fingerprint density at radius 2 is 1.61 bits per heavy atom. The third-order valence-corrected chi connectivity index (χ3v) is 5.38. The zero-order chi connectivity index (χ0) is 20.7. The summed E-state index contributed by atoms with van der Waals surface area (Å²) in [5.41, 5.74) is 1.65. The van der Waals surface area contributed by atoms with Crippen molar-refractivity contribution in [1.82, 2.24) is 0 Å². The number of benzene rings is 2. The van der Waals surface area contributed by atoms with Crippen molar-refractivity contribution >= 4 is 34.8 Å². The second kappa shape index (κ2) is 10.6. The molecule has 0 saturated heterocycles. The van der Waals surface area contributed by atoms with Crippen LogP contribution < -0.4 is 9.47 Å². The van der Waals surface area contributed by atoms with Gasteiger partial charge in [0.05, 0.1) is 22.5 Å². The minimum absolute atomic E-state index is 0.0173. The van der Waals surface area contributed by atoms with Crippen LogP contribution in [0.5, 0.6) is 11.5 Å². The van der Waals surface area contributed by atoms with Gasteiger partial charge in [-0.1, -0.05) is 49.2 Å². The average molecular weight is 448 g/mol. The first kappa shape index (κ1) is 23.1. The van der Waals surface area contributed by atoms with E-state index in [0.29, 0.717) is 28.8 Å². The summed E-state index contributed by atoms with van der Waals surface area (Å²) >= 11 is 18.4. The van der Waals surface area contributed by atoms with Gasteiger partial charge in [0.2, 0.25) is 0 Å². The third-order valence-electron chi connectivity index (χ3n) is 4.47. The highest BCUT2D eigenvalue weighted by molar-refractivity contribution is 6.37. The summed E-state index contributed by atoms with van der Waals surface area (Å²) < 4.78 is 11.1. The summed E-state index contributed by atoms with van der Waals surface area (Å²) in [7, 11) is 0. The van der Waals surface area contributed by atoms with Crippen LogP contribution in [0.2, 0.25) is 10.0 Å². The Balaban J connectivity index is 2.20.